The van der Waals surface area contributed by atoms with Crippen LogP contribution in [-0.2, 0) is 5.88 Å². The Morgan fingerprint density at radius 2 is 1.86 bits per heavy atom. The van der Waals surface area contributed by atoms with E-state index in [4.69, 9.17) is 16.3 Å². The molecule has 0 unspecified atom stereocenters. The molecule has 21 heavy (non-hydrogen) atoms. The molecule has 3 rings (SSSR count). The summed E-state index contributed by atoms with van der Waals surface area (Å²) in [6.07, 6.45) is 0. The molecular formula is C15H11ClF2N2O. The highest BCUT2D eigenvalue weighted by molar-refractivity contribution is 6.17. The van der Waals surface area contributed by atoms with E-state index in [0.717, 1.165) is 6.07 Å². The van der Waals surface area contributed by atoms with Crippen molar-refractivity contribution in [1.29, 1.82) is 0 Å². The van der Waals surface area contributed by atoms with E-state index in [0.29, 0.717) is 28.3 Å². The SMILES string of the molecule is COc1ccc2c(c1)nc(CCl)n2-c1cc(F)cc(F)c1. The molecule has 0 bridgehead atoms. The Balaban J connectivity index is 2.29. The van der Waals surface area contributed by atoms with Crippen molar-refractivity contribution in [2.75, 3.05) is 7.11 Å². The number of hydrogen-bond donors (Lipinski definition) is 0. The molecule has 0 spiro atoms. The number of aromatic nitrogens is 2. The zero-order valence-corrected chi connectivity index (χ0v) is 11.9. The third kappa shape index (κ3) is 2.45. The molecule has 3 aromatic rings. The maximum Gasteiger partial charge on any atom is 0.129 e. The summed E-state index contributed by atoms with van der Waals surface area (Å²) in [6.45, 7) is 0. The first-order chi connectivity index (χ1) is 10.1. The predicted octanol–water partition coefficient (Wildman–Crippen LogP) is 4.05. The fraction of sp³-hybridized carbons (Fsp3) is 0.133. The van der Waals surface area contributed by atoms with E-state index in [2.05, 4.69) is 4.98 Å². The van der Waals surface area contributed by atoms with Gasteiger partial charge in [-0.2, -0.15) is 0 Å². The number of benzene rings is 2. The normalized spacial score (nSPS) is 11.0. The summed E-state index contributed by atoms with van der Waals surface area (Å²) in [6, 6.07) is 8.59. The van der Waals surface area contributed by atoms with Crippen LogP contribution in [0.5, 0.6) is 5.75 Å². The molecular weight excluding hydrogens is 298 g/mol. The molecule has 0 N–H and O–H groups in total. The average Bonchev–Trinajstić information content (AvgIpc) is 2.83. The monoisotopic (exact) mass is 308 g/mol. The van der Waals surface area contributed by atoms with Crippen LogP contribution in [0.15, 0.2) is 36.4 Å². The number of methoxy groups -OCH3 is 1. The van der Waals surface area contributed by atoms with Crippen molar-refractivity contribution in [3.63, 3.8) is 0 Å². The molecule has 0 aliphatic carbocycles. The van der Waals surface area contributed by atoms with Gasteiger partial charge in [0.1, 0.15) is 23.2 Å². The third-order valence-corrected chi connectivity index (χ3v) is 3.40. The molecule has 0 aliphatic heterocycles. The van der Waals surface area contributed by atoms with Gasteiger partial charge in [-0.05, 0) is 24.3 Å². The lowest BCUT2D eigenvalue weighted by molar-refractivity contribution is 0.415. The highest BCUT2D eigenvalue weighted by Crippen LogP contribution is 2.26. The number of ether oxygens (including phenoxy) is 1. The molecule has 1 heterocycles. The van der Waals surface area contributed by atoms with Gasteiger partial charge in [0, 0.05) is 12.1 Å². The van der Waals surface area contributed by atoms with Crippen LogP contribution in [0, 0.1) is 11.6 Å². The van der Waals surface area contributed by atoms with E-state index in [9.17, 15) is 8.78 Å². The molecule has 0 aliphatic rings. The summed E-state index contributed by atoms with van der Waals surface area (Å²) in [5, 5.41) is 0. The number of hydrogen-bond acceptors (Lipinski definition) is 2. The minimum Gasteiger partial charge on any atom is -0.497 e. The lowest BCUT2D eigenvalue weighted by Gasteiger charge is -2.08. The minimum absolute atomic E-state index is 0.120. The Bertz CT molecular complexity index is 797. The van der Waals surface area contributed by atoms with Gasteiger partial charge >= 0.3 is 0 Å². The van der Waals surface area contributed by atoms with Gasteiger partial charge in [0.05, 0.1) is 29.7 Å². The fourth-order valence-corrected chi connectivity index (χ4v) is 2.46. The highest BCUT2D eigenvalue weighted by Gasteiger charge is 2.14. The fourth-order valence-electron chi connectivity index (χ4n) is 2.28. The van der Waals surface area contributed by atoms with Crippen molar-refractivity contribution in [2.45, 2.75) is 5.88 Å². The van der Waals surface area contributed by atoms with Crippen molar-refractivity contribution < 1.29 is 13.5 Å². The molecule has 0 saturated heterocycles. The summed E-state index contributed by atoms with van der Waals surface area (Å²) >= 11 is 5.90. The van der Waals surface area contributed by atoms with Gasteiger partial charge in [0.2, 0.25) is 0 Å². The maximum atomic E-state index is 13.4. The summed E-state index contributed by atoms with van der Waals surface area (Å²) < 4.78 is 33.7. The highest BCUT2D eigenvalue weighted by atomic mass is 35.5. The van der Waals surface area contributed by atoms with E-state index >= 15 is 0 Å². The summed E-state index contributed by atoms with van der Waals surface area (Å²) in [5.41, 5.74) is 1.70. The third-order valence-electron chi connectivity index (χ3n) is 3.16. The van der Waals surface area contributed by atoms with Crippen LogP contribution in [0.1, 0.15) is 5.82 Å². The van der Waals surface area contributed by atoms with Crippen LogP contribution in [0.2, 0.25) is 0 Å². The topological polar surface area (TPSA) is 27.1 Å². The first-order valence-electron chi connectivity index (χ1n) is 6.20. The Labute approximate surface area is 124 Å². The van der Waals surface area contributed by atoms with E-state index in [-0.39, 0.29) is 5.88 Å². The number of halogens is 3. The van der Waals surface area contributed by atoms with Gasteiger partial charge in [-0.25, -0.2) is 13.8 Å². The van der Waals surface area contributed by atoms with Crippen molar-refractivity contribution >= 4 is 22.6 Å². The maximum absolute atomic E-state index is 13.4. The number of alkyl halides is 1. The molecule has 3 nitrogen and oxygen atoms in total. The smallest absolute Gasteiger partial charge is 0.129 e. The zero-order valence-electron chi connectivity index (χ0n) is 11.1. The van der Waals surface area contributed by atoms with Crippen LogP contribution in [0.25, 0.3) is 16.7 Å². The molecule has 1 aromatic heterocycles. The number of fused-ring (bicyclic) bond motifs is 1. The second-order valence-electron chi connectivity index (χ2n) is 4.48. The van der Waals surface area contributed by atoms with Gasteiger partial charge in [-0.15, -0.1) is 11.6 Å². The van der Waals surface area contributed by atoms with Crippen molar-refractivity contribution in [1.82, 2.24) is 9.55 Å². The van der Waals surface area contributed by atoms with Gasteiger partial charge < -0.3 is 4.74 Å². The van der Waals surface area contributed by atoms with E-state index < -0.39 is 11.6 Å². The summed E-state index contributed by atoms with van der Waals surface area (Å²) in [4.78, 5) is 4.38. The Morgan fingerprint density at radius 1 is 1.14 bits per heavy atom. The van der Waals surface area contributed by atoms with Crippen LogP contribution in [0.3, 0.4) is 0 Å². The first kappa shape index (κ1) is 13.8. The zero-order chi connectivity index (χ0) is 15.0. The standard InChI is InChI=1S/C15H11ClF2N2O/c1-21-12-2-3-14-13(7-12)19-15(8-16)20(14)11-5-9(17)4-10(18)6-11/h2-7H,8H2,1H3. The quantitative estimate of drug-likeness (QED) is 0.683. The predicted molar refractivity (Wildman–Crippen MR) is 77.1 cm³/mol. The van der Waals surface area contributed by atoms with Crippen LogP contribution in [0.4, 0.5) is 8.78 Å². The Hall–Kier alpha value is -2.14. The van der Waals surface area contributed by atoms with Crippen LogP contribution >= 0.6 is 11.6 Å². The van der Waals surface area contributed by atoms with Crippen molar-refractivity contribution in [3.8, 4) is 11.4 Å². The van der Waals surface area contributed by atoms with Gasteiger partial charge in [-0.3, -0.25) is 4.57 Å². The molecule has 2 aromatic carbocycles. The first-order valence-corrected chi connectivity index (χ1v) is 6.73. The lowest BCUT2D eigenvalue weighted by atomic mass is 10.2. The van der Waals surface area contributed by atoms with Gasteiger partial charge in [0.15, 0.2) is 0 Å². The Kier molecular flexibility index (Phi) is 3.51. The molecule has 0 fully saturated rings. The molecule has 0 radical (unpaired) electrons. The summed E-state index contributed by atoms with van der Waals surface area (Å²) in [7, 11) is 1.56. The number of imidazole rings is 1. The molecule has 0 amide bonds. The molecule has 0 saturated carbocycles. The molecule has 0 atom stereocenters. The van der Waals surface area contributed by atoms with Crippen LogP contribution in [-0.4, -0.2) is 16.7 Å². The van der Waals surface area contributed by atoms with Gasteiger partial charge in [0.25, 0.3) is 0 Å². The molecule has 108 valence electrons. The second kappa shape index (κ2) is 5.33. The molecule has 6 heteroatoms. The van der Waals surface area contributed by atoms with Gasteiger partial charge in [-0.1, -0.05) is 0 Å². The van der Waals surface area contributed by atoms with E-state index in [1.165, 1.54) is 12.1 Å². The minimum atomic E-state index is -0.652. The lowest BCUT2D eigenvalue weighted by Crippen LogP contribution is -2.00. The van der Waals surface area contributed by atoms with E-state index in [1.54, 1.807) is 29.9 Å². The van der Waals surface area contributed by atoms with E-state index in [1.807, 2.05) is 0 Å². The van der Waals surface area contributed by atoms with Crippen molar-refractivity contribution in [2.24, 2.45) is 0 Å². The number of nitrogens with zero attached hydrogens (tertiary/aromatic N) is 2. The largest absolute Gasteiger partial charge is 0.497 e. The summed E-state index contributed by atoms with van der Waals surface area (Å²) in [5.74, 6) is -0.0276. The Morgan fingerprint density at radius 3 is 2.48 bits per heavy atom. The van der Waals surface area contributed by atoms with Crippen molar-refractivity contribution in [3.05, 3.63) is 53.9 Å². The van der Waals surface area contributed by atoms with Crippen LogP contribution < -0.4 is 4.74 Å². The number of rotatable bonds is 3. The average molecular weight is 309 g/mol. The second-order valence-corrected chi connectivity index (χ2v) is 4.75.